The van der Waals surface area contributed by atoms with E-state index >= 15 is 0 Å². The molecule has 0 saturated heterocycles. The number of aromatic nitrogens is 3. The topological polar surface area (TPSA) is 87.3 Å². The Balaban J connectivity index is 1.85. The first-order chi connectivity index (χ1) is 15.7. The zero-order valence-corrected chi connectivity index (χ0v) is 19.4. The minimum atomic E-state index is -0.602. The van der Waals surface area contributed by atoms with Gasteiger partial charge in [-0.3, -0.25) is 14.2 Å². The predicted octanol–water partition coefficient (Wildman–Crippen LogP) is 3.41. The van der Waals surface area contributed by atoms with Gasteiger partial charge in [-0.15, -0.1) is 0 Å². The molecular weight excluding hydrogens is 444 g/mol. The van der Waals surface area contributed by atoms with E-state index in [2.05, 4.69) is 5.32 Å². The summed E-state index contributed by atoms with van der Waals surface area (Å²) in [7, 11) is 3.24. The van der Waals surface area contributed by atoms with Crippen molar-refractivity contribution in [2.45, 2.75) is 20.4 Å². The molecule has 4 aromatic rings. The lowest BCUT2D eigenvalue weighted by atomic mass is 10.2. The third-order valence-electron chi connectivity index (χ3n) is 5.60. The Labute approximate surface area is 194 Å². The van der Waals surface area contributed by atoms with Crippen molar-refractivity contribution >= 4 is 34.2 Å². The van der Waals surface area contributed by atoms with Crippen LogP contribution < -0.4 is 21.3 Å². The number of nitrogens with one attached hydrogen (secondary N) is 1. The maximum absolute atomic E-state index is 13.5. The summed E-state index contributed by atoms with van der Waals surface area (Å²) in [6.45, 7) is 3.45. The first-order valence-electron chi connectivity index (χ1n) is 10.2. The van der Waals surface area contributed by atoms with E-state index in [1.54, 1.807) is 48.0 Å². The van der Waals surface area contributed by atoms with Crippen molar-refractivity contribution in [2.75, 3.05) is 12.4 Å². The van der Waals surface area contributed by atoms with Gasteiger partial charge in [-0.1, -0.05) is 29.3 Å². The molecule has 0 aliphatic heterocycles. The number of carbonyl (C=O) groups is 1. The van der Waals surface area contributed by atoms with E-state index in [9.17, 15) is 14.4 Å². The Morgan fingerprint density at radius 2 is 1.76 bits per heavy atom. The molecule has 0 bridgehead atoms. The van der Waals surface area contributed by atoms with Gasteiger partial charge in [-0.2, -0.15) is 0 Å². The van der Waals surface area contributed by atoms with Gasteiger partial charge in [0.2, 0.25) is 5.91 Å². The average Bonchev–Trinajstić information content (AvgIpc) is 3.07. The molecule has 33 heavy (non-hydrogen) atoms. The molecule has 9 heteroatoms. The summed E-state index contributed by atoms with van der Waals surface area (Å²) < 4.78 is 9.39. The highest BCUT2D eigenvalue weighted by Gasteiger charge is 2.20. The number of halogens is 1. The SMILES string of the molecule is COc1ccc(Cl)cc1NC(=O)Cn1c(=O)n(-c2ccc(C)cc2)c(=O)c2c1cc(C)n2C. The van der Waals surface area contributed by atoms with Gasteiger partial charge in [-0.25, -0.2) is 9.36 Å². The Bertz CT molecular complexity index is 1500. The van der Waals surface area contributed by atoms with Crippen LogP contribution in [0, 0.1) is 13.8 Å². The number of amides is 1. The summed E-state index contributed by atoms with van der Waals surface area (Å²) >= 11 is 6.06. The minimum Gasteiger partial charge on any atom is -0.495 e. The second-order valence-corrected chi connectivity index (χ2v) is 8.25. The summed E-state index contributed by atoms with van der Waals surface area (Å²) in [4.78, 5) is 39.7. The second-order valence-electron chi connectivity index (χ2n) is 7.82. The Kier molecular flexibility index (Phi) is 5.86. The van der Waals surface area contributed by atoms with Crippen LogP contribution in [0.5, 0.6) is 5.75 Å². The van der Waals surface area contributed by atoms with Gasteiger partial charge < -0.3 is 14.6 Å². The number of benzene rings is 2. The van der Waals surface area contributed by atoms with Crippen molar-refractivity contribution in [3.8, 4) is 11.4 Å². The van der Waals surface area contributed by atoms with Crippen molar-refractivity contribution in [2.24, 2.45) is 7.05 Å². The fourth-order valence-electron chi connectivity index (χ4n) is 3.77. The molecule has 0 aliphatic carbocycles. The van der Waals surface area contributed by atoms with Gasteiger partial charge >= 0.3 is 5.69 Å². The van der Waals surface area contributed by atoms with Gasteiger partial charge in [-0.05, 0) is 50.2 Å². The molecule has 1 N–H and O–H groups in total. The molecule has 0 fully saturated rings. The van der Waals surface area contributed by atoms with Crippen LogP contribution in [0.25, 0.3) is 16.7 Å². The molecular formula is C24H23ClN4O4. The van der Waals surface area contributed by atoms with E-state index in [1.807, 2.05) is 26.0 Å². The Morgan fingerprint density at radius 1 is 1.06 bits per heavy atom. The molecule has 2 aromatic heterocycles. The molecule has 170 valence electrons. The number of carbonyl (C=O) groups excluding carboxylic acids is 1. The largest absolute Gasteiger partial charge is 0.495 e. The van der Waals surface area contributed by atoms with E-state index in [0.717, 1.165) is 15.8 Å². The van der Waals surface area contributed by atoms with E-state index in [-0.39, 0.29) is 6.54 Å². The van der Waals surface area contributed by atoms with Crippen LogP contribution in [0.2, 0.25) is 5.02 Å². The molecule has 2 aromatic carbocycles. The average molecular weight is 467 g/mol. The van der Waals surface area contributed by atoms with E-state index in [1.165, 1.54) is 11.7 Å². The van der Waals surface area contributed by atoms with E-state index in [4.69, 9.17) is 16.3 Å². The summed E-state index contributed by atoms with van der Waals surface area (Å²) in [5.74, 6) is -0.0278. The lowest BCUT2D eigenvalue weighted by Gasteiger charge is -2.14. The summed E-state index contributed by atoms with van der Waals surface area (Å²) in [6.07, 6.45) is 0. The Morgan fingerprint density at radius 3 is 2.42 bits per heavy atom. The number of ether oxygens (including phenoxy) is 1. The first-order valence-corrected chi connectivity index (χ1v) is 10.6. The van der Waals surface area contributed by atoms with Gasteiger partial charge in [0.1, 0.15) is 17.8 Å². The van der Waals surface area contributed by atoms with Gasteiger partial charge in [0.05, 0.1) is 24.0 Å². The lowest BCUT2D eigenvalue weighted by Crippen LogP contribution is -2.41. The number of hydrogen-bond acceptors (Lipinski definition) is 4. The fraction of sp³-hybridized carbons (Fsp3) is 0.208. The third-order valence-corrected chi connectivity index (χ3v) is 5.84. The van der Waals surface area contributed by atoms with Crippen LogP contribution in [0.4, 0.5) is 5.69 Å². The summed E-state index contributed by atoms with van der Waals surface area (Å²) in [5.41, 5.74) is 2.28. The van der Waals surface area contributed by atoms with Gasteiger partial charge in [0, 0.05) is 17.8 Å². The standard InChI is InChI=1S/C24H23ClN4O4/c1-14-5-8-17(9-6-14)29-23(31)22-19(11-15(2)27(22)3)28(24(29)32)13-21(30)26-18-12-16(25)7-10-20(18)33-4/h5-12H,13H2,1-4H3,(H,26,30). The number of fused-ring (bicyclic) bond motifs is 1. The normalized spacial score (nSPS) is 11.1. The fourth-order valence-corrected chi connectivity index (χ4v) is 3.94. The monoisotopic (exact) mass is 466 g/mol. The molecule has 0 atom stereocenters. The van der Waals surface area contributed by atoms with Gasteiger partial charge in [0.15, 0.2) is 0 Å². The van der Waals surface area contributed by atoms with Crippen LogP contribution in [0.3, 0.4) is 0 Å². The van der Waals surface area contributed by atoms with Crippen molar-refractivity contribution in [3.63, 3.8) is 0 Å². The highest BCUT2D eigenvalue weighted by Crippen LogP contribution is 2.27. The molecule has 0 saturated carbocycles. The maximum Gasteiger partial charge on any atom is 0.336 e. The van der Waals surface area contributed by atoms with Gasteiger partial charge in [0.25, 0.3) is 5.56 Å². The number of rotatable bonds is 5. The molecule has 4 rings (SSSR count). The van der Waals surface area contributed by atoms with Crippen molar-refractivity contribution in [1.29, 1.82) is 0 Å². The number of anilines is 1. The van der Waals surface area contributed by atoms with Crippen LogP contribution in [0.15, 0.2) is 58.1 Å². The number of nitrogens with zero attached hydrogens (tertiary/aromatic N) is 3. The zero-order valence-electron chi connectivity index (χ0n) is 18.7. The molecule has 0 unspecified atom stereocenters. The molecule has 8 nitrogen and oxygen atoms in total. The quantitative estimate of drug-likeness (QED) is 0.488. The zero-order chi connectivity index (χ0) is 23.9. The minimum absolute atomic E-state index is 0.305. The molecule has 0 radical (unpaired) electrons. The van der Waals surface area contributed by atoms with Crippen molar-refractivity contribution in [3.05, 3.63) is 85.6 Å². The molecule has 2 heterocycles. The van der Waals surface area contributed by atoms with Crippen LogP contribution >= 0.6 is 11.6 Å². The van der Waals surface area contributed by atoms with E-state index < -0.39 is 17.2 Å². The number of hydrogen-bond donors (Lipinski definition) is 1. The van der Waals surface area contributed by atoms with Crippen LogP contribution in [-0.4, -0.2) is 26.7 Å². The smallest absolute Gasteiger partial charge is 0.336 e. The highest BCUT2D eigenvalue weighted by atomic mass is 35.5. The Hall–Kier alpha value is -3.78. The van der Waals surface area contributed by atoms with Crippen molar-refractivity contribution < 1.29 is 9.53 Å². The summed E-state index contributed by atoms with van der Waals surface area (Å²) in [6, 6.07) is 13.6. The first kappa shape index (κ1) is 22.4. The predicted molar refractivity (Wildman–Crippen MR) is 129 cm³/mol. The van der Waals surface area contributed by atoms with Crippen molar-refractivity contribution in [1.82, 2.24) is 13.7 Å². The number of methoxy groups -OCH3 is 1. The van der Waals surface area contributed by atoms with Crippen LogP contribution in [0.1, 0.15) is 11.3 Å². The van der Waals surface area contributed by atoms with Crippen LogP contribution in [-0.2, 0) is 18.4 Å². The second kappa shape index (κ2) is 8.63. The number of aryl methyl sites for hydroxylation is 3. The van der Waals surface area contributed by atoms with E-state index in [0.29, 0.717) is 33.2 Å². The molecule has 1 amide bonds. The maximum atomic E-state index is 13.5. The molecule has 0 aliphatic rings. The summed E-state index contributed by atoms with van der Waals surface area (Å²) in [5, 5.41) is 3.17. The lowest BCUT2D eigenvalue weighted by molar-refractivity contribution is -0.116. The molecule has 0 spiro atoms. The highest BCUT2D eigenvalue weighted by molar-refractivity contribution is 6.31. The third kappa shape index (κ3) is 4.05.